The first kappa shape index (κ1) is 30.4. The molecular formula is C35H49NO. The summed E-state index contributed by atoms with van der Waals surface area (Å²) < 4.78 is 5.13. The Labute approximate surface area is 227 Å². The van der Waals surface area contributed by atoms with Gasteiger partial charge in [0, 0.05) is 11.1 Å². The van der Waals surface area contributed by atoms with Crippen LogP contribution in [0.4, 0.5) is 0 Å². The van der Waals surface area contributed by atoms with Crippen LogP contribution in [-0.4, -0.2) is 4.98 Å². The molecule has 2 nitrogen and oxygen atoms in total. The summed E-state index contributed by atoms with van der Waals surface area (Å²) in [6.45, 7) is 19.8. The topological polar surface area (TPSA) is 26.0 Å². The number of pyridine rings is 1. The molecule has 0 aliphatic carbocycles. The quantitative estimate of drug-likeness (QED) is 0.205. The van der Waals surface area contributed by atoms with Crippen molar-refractivity contribution < 1.29 is 4.42 Å². The molecule has 3 aromatic rings. The Kier molecular flexibility index (Phi) is 12.2. The van der Waals surface area contributed by atoms with Crippen molar-refractivity contribution in [2.24, 2.45) is 5.92 Å². The van der Waals surface area contributed by atoms with Gasteiger partial charge in [0.2, 0.25) is 0 Å². The molecule has 3 rings (SSSR count). The van der Waals surface area contributed by atoms with Crippen LogP contribution in [0.15, 0.2) is 47.1 Å². The first-order valence-electron chi connectivity index (χ1n) is 14.2. The number of aryl methyl sites for hydroxylation is 2. The van der Waals surface area contributed by atoms with Crippen molar-refractivity contribution >= 4 is 0 Å². The lowest BCUT2D eigenvalue weighted by molar-refractivity contribution is 0.483. The molecule has 1 atom stereocenters. The number of nitrogens with zero attached hydrogens (tertiary/aromatic N) is 1. The van der Waals surface area contributed by atoms with E-state index < -0.39 is 0 Å². The lowest BCUT2D eigenvalue weighted by Gasteiger charge is -2.17. The number of terminal acetylenes is 1. The fourth-order valence-electron chi connectivity index (χ4n) is 4.59. The number of unbranched alkanes of at least 4 members (excludes halogenated alkanes) is 1. The van der Waals surface area contributed by atoms with Crippen LogP contribution in [0, 0.1) is 25.2 Å². The van der Waals surface area contributed by atoms with Gasteiger partial charge in [0.15, 0.2) is 0 Å². The van der Waals surface area contributed by atoms with Gasteiger partial charge in [-0.25, -0.2) is 0 Å². The summed E-state index contributed by atoms with van der Waals surface area (Å²) in [5, 5.41) is 0. The van der Waals surface area contributed by atoms with E-state index in [1.54, 1.807) is 6.26 Å². The second kappa shape index (κ2) is 14.8. The maximum Gasteiger partial charge on any atom is 0.104 e. The fraction of sp³-hybridized carbons (Fsp3) is 0.514. The van der Waals surface area contributed by atoms with E-state index in [0.717, 1.165) is 41.5 Å². The van der Waals surface area contributed by atoms with Crippen LogP contribution in [-0.2, 0) is 6.42 Å². The molecule has 0 N–H and O–H groups in total. The summed E-state index contributed by atoms with van der Waals surface area (Å²) in [5.74, 6) is 6.24. The molecule has 0 fully saturated rings. The Bertz CT molecular complexity index is 1130. The summed E-state index contributed by atoms with van der Waals surface area (Å²) in [6, 6.07) is 13.1. The lowest BCUT2D eigenvalue weighted by Crippen LogP contribution is -2.05. The van der Waals surface area contributed by atoms with Gasteiger partial charge >= 0.3 is 0 Å². The van der Waals surface area contributed by atoms with Crippen LogP contribution in [0.3, 0.4) is 0 Å². The molecule has 0 aliphatic heterocycles. The number of furan rings is 1. The van der Waals surface area contributed by atoms with Crippen LogP contribution >= 0.6 is 0 Å². The normalized spacial score (nSPS) is 12.0. The average Bonchev–Trinajstić information content (AvgIpc) is 3.32. The number of aromatic nitrogens is 1. The molecule has 37 heavy (non-hydrogen) atoms. The van der Waals surface area contributed by atoms with E-state index in [1.807, 2.05) is 13.0 Å². The lowest BCUT2D eigenvalue weighted by atomic mass is 9.92. The van der Waals surface area contributed by atoms with Crippen LogP contribution in [0.5, 0.6) is 0 Å². The molecule has 0 bridgehead atoms. The van der Waals surface area contributed by atoms with Crippen molar-refractivity contribution in [3.05, 3.63) is 76.5 Å². The fourth-order valence-corrected chi connectivity index (χ4v) is 4.59. The van der Waals surface area contributed by atoms with E-state index in [4.69, 9.17) is 15.8 Å². The van der Waals surface area contributed by atoms with Crippen LogP contribution < -0.4 is 0 Å². The van der Waals surface area contributed by atoms with Crippen LogP contribution in [0.2, 0.25) is 0 Å². The predicted molar refractivity (Wildman–Crippen MR) is 160 cm³/mol. The van der Waals surface area contributed by atoms with Crippen molar-refractivity contribution in [2.75, 3.05) is 0 Å². The molecule has 0 unspecified atom stereocenters. The molecule has 200 valence electrons. The number of hydrogen-bond acceptors (Lipinski definition) is 2. The van der Waals surface area contributed by atoms with Gasteiger partial charge in [0.1, 0.15) is 5.76 Å². The molecule has 0 radical (unpaired) electrons. The van der Waals surface area contributed by atoms with E-state index in [0.29, 0.717) is 17.8 Å². The Hall–Kier alpha value is -2.79. The summed E-state index contributed by atoms with van der Waals surface area (Å²) >= 11 is 0. The van der Waals surface area contributed by atoms with Crippen molar-refractivity contribution in [3.63, 3.8) is 0 Å². The van der Waals surface area contributed by atoms with Crippen molar-refractivity contribution in [2.45, 2.75) is 112 Å². The third kappa shape index (κ3) is 8.92. The van der Waals surface area contributed by atoms with E-state index in [-0.39, 0.29) is 0 Å². The number of benzene rings is 1. The number of hydrogen-bond donors (Lipinski definition) is 0. The van der Waals surface area contributed by atoms with Gasteiger partial charge in [0.25, 0.3) is 0 Å². The summed E-state index contributed by atoms with van der Waals surface area (Å²) in [7, 11) is 0. The molecule has 0 saturated carbocycles. The molecule has 2 aromatic heterocycles. The van der Waals surface area contributed by atoms with Crippen LogP contribution in [0.1, 0.15) is 133 Å². The molecule has 0 amide bonds. The number of rotatable bonds is 10. The zero-order valence-corrected chi connectivity index (χ0v) is 24.8. The van der Waals surface area contributed by atoms with Crippen LogP contribution in [0.25, 0.3) is 11.1 Å². The monoisotopic (exact) mass is 499 g/mol. The minimum Gasteiger partial charge on any atom is -0.469 e. The van der Waals surface area contributed by atoms with Gasteiger partial charge in [-0.3, -0.25) is 4.98 Å². The van der Waals surface area contributed by atoms with Gasteiger partial charge in [-0.2, -0.15) is 0 Å². The first-order valence-corrected chi connectivity index (χ1v) is 14.2. The highest BCUT2D eigenvalue weighted by atomic mass is 16.3. The van der Waals surface area contributed by atoms with Gasteiger partial charge in [0.05, 0.1) is 17.7 Å². The largest absolute Gasteiger partial charge is 0.469 e. The van der Waals surface area contributed by atoms with E-state index in [1.165, 1.54) is 41.5 Å². The Balaban J connectivity index is 0.000000449. The molecule has 0 spiro atoms. The van der Waals surface area contributed by atoms with Crippen molar-refractivity contribution in [1.29, 1.82) is 0 Å². The molecule has 2 heterocycles. The Morgan fingerprint density at radius 2 is 1.57 bits per heavy atom. The maximum atomic E-state index is 5.87. The summed E-state index contributed by atoms with van der Waals surface area (Å²) in [5.41, 5.74) is 8.27. The zero-order valence-electron chi connectivity index (χ0n) is 24.8. The van der Waals surface area contributed by atoms with Gasteiger partial charge in [-0.05, 0) is 72.3 Å². The third-order valence-electron chi connectivity index (χ3n) is 7.30. The highest BCUT2D eigenvalue weighted by Gasteiger charge is 2.15. The molecule has 0 saturated heterocycles. The standard InChI is InChI=1S/C27H37N.C8H12O/c1-8-21(7)12-10-11-13-26-22(9-2)18-25(27(28-26)20(5)6)24-16-14-23(15-17-24)19(3)4;1-6(2)8-4-5-9-7(8)3/h2,14-21H,8,10-13H2,1,3-7H3;4-6H,1-3H3/t21-;/m1./s1. The minimum atomic E-state index is 0.366. The van der Waals surface area contributed by atoms with Gasteiger partial charge < -0.3 is 4.42 Å². The molecule has 2 heteroatoms. The highest BCUT2D eigenvalue weighted by molar-refractivity contribution is 5.69. The van der Waals surface area contributed by atoms with Crippen molar-refractivity contribution in [3.8, 4) is 23.5 Å². The first-order chi connectivity index (χ1) is 17.6. The maximum absolute atomic E-state index is 5.87. The smallest absolute Gasteiger partial charge is 0.104 e. The van der Waals surface area contributed by atoms with E-state index in [9.17, 15) is 0 Å². The molecule has 0 aliphatic rings. The average molecular weight is 500 g/mol. The van der Waals surface area contributed by atoms with Gasteiger partial charge in [-0.1, -0.05) is 105 Å². The third-order valence-corrected chi connectivity index (χ3v) is 7.30. The zero-order chi connectivity index (χ0) is 27.5. The Morgan fingerprint density at radius 3 is 2.03 bits per heavy atom. The summed E-state index contributed by atoms with van der Waals surface area (Å²) in [6.07, 6.45) is 13.5. The van der Waals surface area contributed by atoms with Gasteiger partial charge in [-0.15, -0.1) is 6.42 Å². The summed E-state index contributed by atoms with van der Waals surface area (Å²) in [4.78, 5) is 5.07. The second-order valence-electron chi connectivity index (χ2n) is 11.3. The molecule has 1 aromatic carbocycles. The van der Waals surface area contributed by atoms with E-state index >= 15 is 0 Å². The van der Waals surface area contributed by atoms with E-state index in [2.05, 4.69) is 91.6 Å². The molecular weight excluding hydrogens is 450 g/mol. The Morgan fingerprint density at radius 1 is 0.892 bits per heavy atom. The minimum absolute atomic E-state index is 0.366. The SMILES string of the molecule is C#Cc1cc(-c2ccc(C(C)C)cc2)c(C(C)C)nc1CCCC[C@H](C)CC.Cc1occc1C(C)C. The second-order valence-corrected chi connectivity index (χ2v) is 11.3. The highest BCUT2D eigenvalue weighted by Crippen LogP contribution is 2.31. The van der Waals surface area contributed by atoms with Crippen molar-refractivity contribution in [1.82, 2.24) is 4.98 Å². The predicted octanol–water partition coefficient (Wildman–Crippen LogP) is 10.4.